The van der Waals surface area contributed by atoms with Crippen molar-refractivity contribution in [2.24, 2.45) is 0 Å². The molecule has 0 radical (unpaired) electrons. The number of hydrogen-bond donors (Lipinski definition) is 1. The molecule has 1 N–H and O–H groups in total. The maximum Gasteiger partial charge on any atom is 0.226 e. The number of amides is 2. The van der Waals surface area contributed by atoms with Crippen molar-refractivity contribution in [1.82, 2.24) is 5.32 Å². The molecule has 1 aromatic carbocycles. The summed E-state index contributed by atoms with van der Waals surface area (Å²) in [6.07, 6.45) is 1.79. The Morgan fingerprint density at radius 3 is 2.62 bits per heavy atom. The Labute approximate surface area is 155 Å². The Bertz CT molecular complexity index is 789. The Morgan fingerprint density at radius 1 is 1.31 bits per heavy atom. The monoisotopic (exact) mass is 380 g/mol. The van der Waals surface area contributed by atoms with E-state index in [4.69, 9.17) is 0 Å². The number of rotatable bonds is 7. The van der Waals surface area contributed by atoms with Gasteiger partial charge in [-0.05, 0) is 50.5 Å². The summed E-state index contributed by atoms with van der Waals surface area (Å²) < 4.78 is 25.2. The lowest BCUT2D eigenvalue weighted by molar-refractivity contribution is -0.121. The van der Waals surface area contributed by atoms with Crippen LogP contribution in [0.1, 0.15) is 52.5 Å². The van der Waals surface area contributed by atoms with Gasteiger partial charge in [0.25, 0.3) is 0 Å². The molecular weight excluding hydrogens is 352 g/mol. The zero-order valence-corrected chi connectivity index (χ0v) is 16.7. The molecule has 1 heterocycles. The number of nitrogens with zero attached hydrogens (tertiary/aromatic N) is 1. The number of anilines is 1. The number of benzene rings is 1. The third-order valence-corrected chi connectivity index (χ3v) is 6.53. The first-order valence-electron chi connectivity index (χ1n) is 9.16. The van der Waals surface area contributed by atoms with Gasteiger partial charge in [-0.2, -0.15) is 0 Å². The van der Waals surface area contributed by atoms with Gasteiger partial charge in [0.2, 0.25) is 11.8 Å². The molecule has 26 heavy (non-hydrogen) atoms. The topological polar surface area (TPSA) is 83.6 Å². The molecular formula is C19H28N2O4S. The molecule has 2 rings (SSSR count). The average Bonchev–Trinajstić information content (AvgIpc) is 2.94. The summed E-state index contributed by atoms with van der Waals surface area (Å²) in [5.41, 5.74) is 1.65. The molecule has 0 saturated carbocycles. The molecule has 7 heteroatoms. The van der Waals surface area contributed by atoms with E-state index in [2.05, 4.69) is 5.32 Å². The van der Waals surface area contributed by atoms with E-state index in [9.17, 15) is 18.0 Å². The van der Waals surface area contributed by atoms with Crippen molar-refractivity contribution in [2.75, 3.05) is 10.7 Å². The summed E-state index contributed by atoms with van der Waals surface area (Å²) in [5, 5.41) is 2.78. The first kappa shape index (κ1) is 20.4. The predicted octanol–water partition coefficient (Wildman–Crippen LogP) is 2.45. The first-order valence-corrected chi connectivity index (χ1v) is 10.8. The van der Waals surface area contributed by atoms with E-state index in [1.54, 1.807) is 17.0 Å². The molecule has 1 aliphatic rings. The molecule has 6 nitrogen and oxygen atoms in total. The second kappa shape index (κ2) is 8.20. The van der Waals surface area contributed by atoms with Crippen molar-refractivity contribution in [2.45, 2.75) is 70.4 Å². The summed E-state index contributed by atoms with van der Waals surface area (Å²) in [6, 6.07) is 4.95. The third kappa shape index (κ3) is 4.44. The van der Waals surface area contributed by atoms with Gasteiger partial charge in [-0.15, -0.1) is 0 Å². The van der Waals surface area contributed by atoms with Crippen LogP contribution in [0.15, 0.2) is 23.1 Å². The molecule has 2 amide bonds. The summed E-state index contributed by atoms with van der Waals surface area (Å²) in [6.45, 7) is 7.62. The lowest BCUT2D eigenvalue weighted by Crippen LogP contribution is -2.35. The van der Waals surface area contributed by atoms with Crippen LogP contribution in [-0.4, -0.2) is 38.1 Å². The number of carbonyl (C=O) groups excluding carboxylic acids is 2. The quantitative estimate of drug-likeness (QED) is 0.787. The fourth-order valence-electron chi connectivity index (χ4n) is 3.15. The minimum Gasteiger partial charge on any atom is -0.354 e. The van der Waals surface area contributed by atoms with Crippen LogP contribution in [0.5, 0.6) is 0 Å². The predicted molar refractivity (Wildman–Crippen MR) is 102 cm³/mol. The minimum atomic E-state index is -3.54. The Balaban J connectivity index is 2.14. The molecule has 0 bridgehead atoms. The molecule has 2 atom stereocenters. The Kier molecular flexibility index (Phi) is 6.44. The highest BCUT2D eigenvalue weighted by atomic mass is 32.2. The van der Waals surface area contributed by atoms with Gasteiger partial charge < -0.3 is 10.2 Å². The molecule has 1 aliphatic heterocycles. The van der Waals surface area contributed by atoms with Gasteiger partial charge in [0.05, 0.1) is 10.6 Å². The van der Waals surface area contributed by atoms with Gasteiger partial charge in [0.15, 0.2) is 9.84 Å². The first-order chi connectivity index (χ1) is 12.2. The van der Waals surface area contributed by atoms with Crippen LogP contribution >= 0.6 is 0 Å². The van der Waals surface area contributed by atoms with E-state index in [0.29, 0.717) is 12.8 Å². The Hall–Kier alpha value is -1.89. The highest BCUT2D eigenvalue weighted by Gasteiger charge is 2.31. The summed E-state index contributed by atoms with van der Waals surface area (Å²) in [4.78, 5) is 25.9. The molecule has 0 aliphatic carbocycles. The van der Waals surface area contributed by atoms with E-state index in [-0.39, 0.29) is 41.0 Å². The summed E-state index contributed by atoms with van der Waals surface area (Å²) in [5.74, 6) is -0.438. The maximum absolute atomic E-state index is 12.6. The molecule has 0 spiro atoms. The third-order valence-electron chi connectivity index (χ3n) is 4.81. The highest BCUT2D eigenvalue weighted by molar-refractivity contribution is 7.91. The normalized spacial score (nSPS) is 17.7. The highest BCUT2D eigenvalue weighted by Crippen LogP contribution is 2.34. The second-order valence-corrected chi connectivity index (χ2v) is 9.02. The van der Waals surface area contributed by atoms with E-state index < -0.39 is 9.84 Å². The fraction of sp³-hybridized carbons (Fsp3) is 0.579. The van der Waals surface area contributed by atoms with Gasteiger partial charge in [0.1, 0.15) is 0 Å². The zero-order chi connectivity index (χ0) is 19.5. The summed E-state index contributed by atoms with van der Waals surface area (Å²) in [7, 11) is -3.54. The molecule has 1 aromatic rings. The van der Waals surface area contributed by atoms with Crippen molar-refractivity contribution < 1.29 is 18.0 Å². The van der Waals surface area contributed by atoms with Crippen LogP contribution in [0.2, 0.25) is 0 Å². The molecule has 0 fully saturated rings. The van der Waals surface area contributed by atoms with Gasteiger partial charge in [-0.1, -0.05) is 13.8 Å². The molecule has 0 aromatic heterocycles. The molecule has 0 unspecified atom stereocenters. The lowest BCUT2D eigenvalue weighted by atomic mass is 10.1. The van der Waals surface area contributed by atoms with Crippen LogP contribution in [0.4, 0.5) is 5.69 Å². The van der Waals surface area contributed by atoms with Crippen LogP contribution in [-0.2, 0) is 25.8 Å². The standard InChI is InChI=1S/C19H28N2O4S/c1-5-13(3)20-18(22)9-10-26(24,25)16-7-8-17-15(12-16)11-14(4)21(17)19(23)6-2/h7-8,12-14H,5-6,9-11H2,1-4H3,(H,20,22)/t13-,14+/m0/s1. The van der Waals surface area contributed by atoms with Crippen molar-refractivity contribution in [3.05, 3.63) is 23.8 Å². The SMILES string of the molecule is CCC(=O)N1c2ccc(S(=O)(=O)CCC(=O)N[C@@H](C)CC)cc2C[C@H]1C. The smallest absolute Gasteiger partial charge is 0.226 e. The van der Waals surface area contributed by atoms with Crippen LogP contribution < -0.4 is 10.2 Å². The molecule has 144 valence electrons. The van der Waals surface area contributed by atoms with Crippen molar-refractivity contribution in [1.29, 1.82) is 0 Å². The van der Waals surface area contributed by atoms with Crippen LogP contribution in [0, 0.1) is 0 Å². The van der Waals surface area contributed by atoms with Crippen molar-refractivity contribution in [3.8, 4) is 0 Å². The average molecular weight is 381 g/mol. The van der Waals surface area contributed by atoms with E-state index >= 15 is 0 Å². The summed E-state index contributed by atoms with van der Waals surface area (Å²) >= 11 is 0. The van der Waals surface area contributed by atoms with Crippen molar-refractivity contribution >= 4 is 27.3 Å². The Morgan fingerprint density at radius 2 is 2.00 bits per heavy atom. The number of nitrogens with one attached hydrogen (secondary N) is 1. The molecule has 0 saturated heterocycles. The maximum atomic E-state index is 12.6. The van der Waals surface area contributed by atoms with Crippen LogP contribution in [0.3, 0.4) is 0 Å². The zero-order valence-electron chi connectivity index (χ0n) is 15.9. The minimum absolute atomic E-state index is 0.0247. The lowest BCUT2D eigenvalue weighted by Gasteiger charge is -2.22. The second-order valence-electron chi connectivity index (χ2n) is 6.91. The number of carbonyl (C=O) groups is 2. The fourth-order valence-corrected chi connectivity index (χ4v) is 4.43. The van der Waals surface area contributed by atoms with E-state index in [1.165, 1.54) is 6.07 Å². The van der Waals surface area contributed by atoms with Gasteiger partial charge in [-0.25, -0.2) is 8.42 Å². The van der Waals surface area contributed by atoms with Gasteiger partial charge >= 0.3 is 0 Å². The number of hydrogen-bond acceptors (Lipinski definition) is 4. The van der Waals surface area contributed by atoms with E-state index in [0.717, 1.165) is 17.7 Å². The van der Waals surface area contributed by atoms with Gasteiger partial charge in [-0.3, -0.25) is 9.59 Å². The van der Waals surface area contributed by atoms with E-state index in [1.807, 2.05) is 27.7 Å². The number of sulfone groups is 1. The van der Waals surface area contributed by atoms with Gasteiger partial charge in [0, 0.05) is 30.6 Å². The number of fused-ring (bicyclic) bond motifs is 1. The van der Waals surface area contributed by atoms with Crippen molar-refractivity contribution in [3.63, 3.8) is 0 Å². The van der Waals surface area contributed by atoms with Crippen LogP contribution in [0.25, 0.3) is 0 Å². The largest absolute Gasteiger partial charge is 0.354 e.